The molecule has 2 aliphatic heterocycles. The van der Waals surface area contributed by atoms with Crippen molar-refractivity contribution in [1.29, 1.82) is 0 Å². The van der Waals surface area contributed by atoms with Gasteiger partial charge in [-0.1, -0.05) is 45.0 Å². The third-order valence-electron chi connectivity index (χ3n) is 9.65. The van der Waals surface area contributed by atoms with E-state index in [0.29, 0.717) is 59.0 Å². The maximum atomic E-state index is 13.9. The molecule has 0 bridgehead atoms. The van der Waals surface area contributed by atoms with Crippen LogP contribution in [-0.2, 0) is 42.8 Å². The van der Waals surface area contributed by atoms with Crippen LogP contribution in [0.25, 0.3) is 10.4 Å². The Hall–Kier alpha value is -3.06. The van der Waals surface area contributed by atoms with E-state index >= 15 is 0 Å². The normalized spacial score (nSPS) is 18.9. The second kappa shape index (κ2) is 24.0. The Balaban J connectivity index is 1.07. The second-order valence-corrected chi connectivity index (χ2v) is 16.1. The third kappa shape index (κ3) is 15.4. The predicted molar refractivity (Wildman–Crippen MR) is 212 cm³/mol. The van der Waals surface area contributed by atoms with Gasteiger partial charge in [-0.3, -0.25) is 14.4 Å². The van der Waals surface area contributed by atoms with Crippen LogP contribution in [0, 0.1) is 12.3 Å². The number of nitrogens with zero attached hydrogens (tertiary/aromatic N) is 2. The SMILES string of the molecule is Cc1ncsc1-c1ccc([C@H](C)NC(=O)[C@@H]2C[C@@H](O)CN2C(=O)[C@@H](NC(=O)COCCOCCOCCOCCOCCOC2CCNCC2)C(C)(C)C)cc1. The molecule has 2 fully saturated rings. The third-order valence-corrected chi connectivity index (χ3v) is 10.6. The number of aliphatic hydroxyl groups excluding tert-OH is 1. The number of β-amino-alcohol motifs (C(OH)–C–C–N with tert-alkyl or cyclic N) is 1. The number of piperidine rings is 1. The first-order chi connectivity index (χ1) is 26.9. The fourth-order valence-corrected chi connectivity index (χ4v) is 7.31. The molecule has 4 N–H and O–H groups in total. The molecule has 4 atom stereocenters. The maximum Gasteiger partial charge on any atom is 0.246 e. The fourth-order valence-electron chi connectivity index (χ4n) is 6.50. The minimum Gasteiger partial charge on any atom is -0.391 e. The quantitative estimate of drug-likeness (QED) is 0.114. The second-order valence-electron chi connectivity index (χ2n) is 15.2. The molecule has 1 aromatic carbocycles. The number of amides is 3. The number of nitrogens with one attached hydrogen (secondary N) is 3. The van der Waals surface area contributed by atoms with Crippen molar-refractivity contribution in [3.05, 3.63) is 41.0 Å². The topological polar surface area (TPSA) is 179 Å². The molecule has 0 radical (unpaired) electrons. The van der Waals surface area contributed by atoms with Gasteiger partial charge in [0.25, 0.3) is 0 Å². The lowest BCUT2D eigenvalue weighted by Gasteiger charge is -2.35. The monoisotopic (exact) mass is 805 g/mol. The maximum absolute atomic E-state index is 13.9. The highest BCUT2D eigenvalue weighted by molar-refractivity contribution is 7.13. The van der Waals surface area contributed by atoms with Gasteiger partial charge in [0.05, 0.1) is 100 Å². The number of likely N-dealkylation sites (tertiary alicyclic amines) is 1. The van der Waals surface area contributed by atoms with Crippen molar-refractivity contribution in [3.63, 3.8) is 0 Å². The first-order valence-electron chi connectivity index (χ1n) is 19.7. The Kier molecular flexibility index (Phi) is 19.6. The van der Waals surface area contributed by atoms with Gasteiger partial charge < -0.3 is 54.4 Å². The first-order valence-corrected chi connectivity index (χ1v) is 20.6. The lowest BCUT2D eigenvalue weighted by molar-refractivity contribution is -0.144. The smallest absolute Gasteiger partial charge is 0.246 e. The van der Waals surface area contributed by atoms with Gasteiger partial charge in [-0.15, -0.1) is 11.3 Å². The lowest BCUT2D eigenvalue weighted by atomic mass is 9.85. The van der Waals surface area contributed by atoms with Crippen molar-refractivity contribution in [2.75, 3.05) is 92.3 Å². The van der Waals surface area contributed by atoms with E-state index in [1.807, 2.05) is 64.4 Å². The average molecular weight is 806 g/mol. The summed E-state index contributed by atoms with van der Waals surface area (Å²) in [5.74, 6) is -1.27. The molecule has 16 heteroatoms. The summed E-state index contributed by atoms with van der Waals surface area (Å²) in [6.45, 7) is 15.4. The van der Waals surface area contributed by atoms with Crippen LogP contribution < -0.4 is 16.0 Å². The van der Waals surface area contributed by atoms with Crippen LogP contribution in [0.2, 0.25) is 0 Å². The molecule has 3 amide bonds. The highest BCUT2D eigenvalue weighted by atomic mass is 32.1. The highest BCUT2D eigenvalue weighted by Crippen LogP contribution is 2.29. The number of hydrogen-bond acceptors (Lipinski definition) is 13. The van der Waals surface area contributed by atoms with E-state index in [9.17, 15) is 19.5 Å². The highest BCUT2D eigenvalue weighted by Gasteiger charge is 2.44. The molecule has 2 aromatic rings. The van der Waals surface area contributed by atoms with Crippen molar-refractivity contribution in [2.45, 2.75) is 84.2 Å². The first kappa shape index (κ1) is 45.6. The zero-order chi connectivity index (χ0) is 40.3. The summed E-state index contributed by atoms with van der Waals surface area (Å²) in [5.41, 5.74) is 4.06. The molecule has 2 saturated heterocycles. The van der Waals surface area contributed by atoms with Gasteiger partial charge in [-0.2, -0.15) is 0 Å². The molecule has 56 heavy (non-hydrogen) atoms. The molecule has 3 heterocycles. The lowest BCUT2D eigenvalue weighted by Crippen LogP contribution is -2.58. The standard InChI is InChI=1S/C40H63N5O10S/c1-28(30-6-8-31(9-7-30)36-29(2)42-27-56-36)43-38(48)34-24-32(46)25-45(34)39(49)37(40(3,4)5)44-35(47)26-54-21-20-52-17-16-50-14-15-51-18-19-53-22-23-55-33-10-12-41-13-11-33/h6-9,27-28,32-34,37,41,46H,10-26H2,1-5H3,(H,43,48)(H,44,47)/t28-,32+,34-,37+/m0/s1. The van der Waals surface area contributed by atoms with E-state index in [0.717, 1.165) is 47.6 Å². The van der Waals surface area contributed by atoms with Crippen LogP contribution in [-0.4, -0.2) is 149 Å². The van der Waals surface area contributed by atoms with Crippen LogP contribution in [0.4, 0.5) is 0 Å². The van der Waals surface area contributed by atoms with Gasteiger partial charge in [0, 0.05) is 13.0 Å². The van der Waals surface area contributed by atoms with Crippen LogP contribution in [0.1, 0.15) is 64.3 Å². The molecule has 314 valence electrons. The predicted octanol–water partition coefficient (Wildman–Crippen LogP) is 2.64. The van der Waals surface area contributed by atoms with Crippen molar-refractivity contribution < 1.29 is 47.9 Å². The summed E-state index contributed by atoms with van der Waals surface area (Å²) in [6.07, 6.45) is 1.68. The number of thiazole rings is 1. The summed E-state index contributed by atoms with van der Waals surface area (Å²) in [4.78, 5) is 47.1. The summed E-state index contributed by atoms with van der Waals surface area (Å²) >= 11 is 1.58. The van der Waals surface area contributed by atoms with Gasteiger partial charge >= 0.3 is 0 Å². The molecule has 0 spiro atoms. The van der Waals surface area contributed by atoms with Crippen LogP contribution >= 0.6 is 11.3 Å². The van der Waals surface area contributed by atoms with Gasteiger partial charge in [0.15, 0.2) is 0 Å². The van der Waals surface area contributed by atoms with Crippen LogP contribution in [0.3, 0.4) is 0 Å². The number of carbonyl (C=O) groups excluding carboxylic acids is 3. The molecule has 0 aliphatic carbocycles. The van der Waals surface area contributed by atoms with Gasteiger partial charge in [0.1, 0.15) is 18.7 Å². The van der Waals surface area contributed by atoms with Crippen molar-refractivity contribution in [2.24, 2.45) is 5.41 Å². The largest absolute Gasteiger partial charge is 0.391 e. The molecule has 0 unspecified atom stereocenters. The molecule has 2 aliphatic rings. The van der Waals surface area contributed by atoms with E-state index < -0.39 is 35.4 Å². The van der Waals surface area contributed by atoms with Crippen LogP contribution in [0.5, 0.6) is 0 Å². The van der Waals surface area contributed by atoms with E-state index in [1.165, 1.54) is 4.90 Å². The minimum absolute atomic E-state index is 0.00865. The minimum atomic E-state index is -0.951. The average Bonchev–Trinajstić information content (AvgIpc) is 3.80. The summed E-state index contributed by atoms with van der Waals surface area (Å²) in [5, 5.41) is 19.7. The number of rotatable bonds is 24. The van der Waals surface area contributed by atoms with Crippen molar-refractivity contribution >= 4 is 29.1 Å². The zero-order valence-corrected chi connectivity index (χ0v) is 34.5. The Morgan fingerprint density at radius 2 is 1.46 bits per heavy atom. The number of carbonyl (C=O) groups is 3. The van der Waals surface area contributed by atoms with E-state index in [2.05, 4.69) is 20.9 Å². The number of aryl methyl sites for hydroxylation is 1. The van der Waals surface area contributed by atoms with Crippen molar-refractivity contribution in [3.8, 4) is 10.4 Å². The fraction of sp³-hybridized carbons (Fsp3) is 0.700. The molecule has 15 nitrogen and oxygen atoms in total. The molecule has 0 saturated carbocycles. The zero-order valence-electron chi connectivity index (χ0n) is 33.7. The van der Waals surface area contributed by atoms with E-state index in [-0.39, 0.29) is 44.7 Å². The molecule has 4 rings (SSSR count). The Bertz CT molecular complexity index is 1470. The summed E-state index contributed by atoms with van der Waals surface area (Å²) < 4.78 is 33.4. The van der Waals surface area contributed by atoms with Gasteiger partial charge in [0.2, 0.25) is 17.7 Å². The number of aliphatic hydroxyl groups is 1. The van der Waals surface area contributed by atoms with Gasteiger partial charge in [-0.25, -0.2) is 4.98 Å². The Labute approximate surface area is 335 Å². The van der Waals surface area contributed by atoms with Crippen LogP contribution in [0.15, 0.2) is 29.8 Å². The number of ether oxygens (including phenoxy) is 6. The van der Waals surface area contributed by atoms with E-state index in [4.69, 9.17) is 28.4 Å². The molecular formula is C40H63N5O10S. The number of benzene rings is 1. The van der Waals surface area contributed by atoms with Gasteiger partial charge in [-0.05, 0) is 56.3 Å². The Morgan fingerprint density at radius 3 is 2.02 bits per heavy atom. The Morgan fingerprint density at radius 1 is 0.893 bits per heavy atom. The van der Waals surface area contributed by atoms with Crippen molar-refractivity contribution in [1.82, 2.24) is 25.8 Å². The molecule has 1 aromatic heterocycles. The summed E-state index contributed by atoms with van der Waals surface area (Å²) in [7, 11) is 0. The van der Waals surface area contributed by atoms with E-state index in [1.54, 1.807) is 11.3 Å². The number of hydrogen-bond donors (Lipinski definition) is 4. The summed E-state index contributed by atoms with van der Waals surface area (Å²) in [6, 6.07) is 5.76. The number of aromatic nitrogens is 1. The molecular weight excluding hydrogens is 743 g/mol.